The number of nitrogens with zero attached hydrogens (tertiary/aromatic N) is 2. The Hall–Kier alpha value is -2.77. The first-order valence-electron chi connectivity index (χ1n) is 9.17. The van der Waals surface area contributed by atoms with Gasteiger partial charge in [0.1, 0.15) is 5.75 Å². The van der Waals surface area contributed by atoms with Crippen molar-refractivity contribution in [1.82, 2.24) is 20.4 Å². The van der Waals surface area contributed by atoms with Gasteiger partial charge in [-0.1, -0.05) is 23.2 Å². The number of halogens is 2. The van der Waals surface area contributed by atoms with Crippen LogP contribution in [-0.4, -0.2) is 45.7 Å². The largest absolute Gasteiger partial charge is 0.467 e. The van der Waals surface area contributed by atoms with Crippen molar-refractivity contribution < 1.29 is 14.3 Å². The summed E-state index contributed by atoms with van der Waals surface area (Å²) in [5.41, 5.74) is 0.817. The van der Waals surface area contributed by atoms with Crippen molar-refractivity contribution in [1.29, 1.82) is 0 Å². The second-order valence-electron chi connectivity index (χ2n) is 7.28. The van der Waals surface area contributed by atoms with Crippen molar-refractivity contribution in [2.24, 2.45) is 0 Å². The maximum atomic E-state index is 13.0. The molecule has 0 unspecified atom stereocenters. The van der Waals surface area contributed by atoms with Crippen LogP contribution < -0.4 is 10.1 Å². The maximum absolute atomic E-state index is 13.0. The molecule has 2 amide bonds. The zero-order chi connectivity index (χ0) is 20.2. The highest BCUT2D eigenvalue weighted by molar-refractivity contribution is 6.35. The van der Waals surface area contributed by atoms with Gasteiger partial charge in [-0.2, -0.15) is 5.10 Å². The molecule has 1 fully saturated rings. The number of aromatic nitrogens is 2. The number of aromatic amines is 1. The van der Waals surface area contributed by atoms with Gasteiger partial charge < -0.3 is 15.0 Å². The number of amides is 2. The highest BCUT2D eigenvalue weighted by Gasteiger charge is 2.43. The molecule has 2 N–H and O–H groups in total. The number of benzene rings is 2. The minimum Gasteiger partial charge on any atom is -0.467 e. The normalized spacial score (nSPS) is 17.7. The fourth-order valence-corrected chi connectivity index (χ4v) is 4.34. The second kappa shape index (κ2) is 6.64. The molecular formula is C20H16Cl2N4O3. The molecule has 1 aromatic heterocycles. The van der Waals surface area contributed by atoms with Gasteiger partial charge >= 0.3 is 0 Å². The molecule has 3 heterocycles. The second-order valence-corrected chi connectivity index (χ2v) is 8.12. The van der Waals surface area contributed by atoms with Crippen molar-refractivity contribution in [3.63, 3.8) is 0 Å². The molecule has 2 aliphatic rings. The first kappa shape index (κ1) is 18.3. The third-order valence-corrected chi connectivity index (χ3v) is 5.97. The number of nitrogens with one attached hydrogen (secondary N) is 2. The number of carbonyl (C=O) groups excluding carboxylic acids is 2. The lowest BCUT2D eigenvalue weighted by atomic mass is 9.96. The van der Waals surface area contributed by atoms with Gasteiger partial charge in [-0.25, -0.2) is 0 Å². The van der Waals surface area contributed by atoms with E-state index in [0.29, 0.717) is 58.4 Å². The summed E-state index contributed by atoms with van der Waals surface area (Å²) in [4.78, 5) is 27.3. The molecule has 1 saturated heterocycles. The third-order valence-electron chi connectivity index (χ3n) is 5.44. The van der Waals surface area contributed by atoms with Crippen LogP contribution >= 0.6 is 23.2 Å². The molecule has 0 radical (unpaired) electrons. The summed E-state index contributed by atoms with van der Waals surface area (Å²) in [6.45, 7) is 0.895. The van der Waals surface area contributed by atoms with Gasteiger partial charge in [-0.05, 0) is 30.3 Å². The van der Waals surface area contributed by atoms with E-state index in [2.05, 4.69) is 15.5 Å². The minimum absolute atomic E-state index is 0.112. The quantitative estimate of drug-likeness (QED) is 0.616. The van der Waals surface area contributed by atoms with Gasteiger partial charge in [-0.3, -0.25) is 14.7 Å². The summed E-state index contributed by atoms with van der Waals surface area (Å²) in [7, 11) is 0. The van der Waals surface area contributed by atoms with Crippen molar-refractivity contribution in [2.75, 3.05) is 13.1 Å². The van der Waals surface area contributed by atoms with E-state index in [0.717, 1.165) is 5.39 Å². The molecule has 1 spiro atoms. The Morgan fingerprint density at radius 2 is 1.97 bits per heavy atom. The van der Waals surface area contributed by atoms with Gasteiger partial charge in [0.25, 0.3) is 11.8 Å². The van der Waals surface area contributed by atoms with E-state index >= 15 is 0 Å². The Morgan fingerprint density at radius 1 is 1.17 bits per heavy atom. The molecule has 0 aliphatic carbocycles. The molecule has 29 heavy (non-hydrogen) atoms. The smallest absolute Gasteiger partial charge is 0.258 e. The third kappa shape index (κ3) is 3.10. The molecule has 0 bridgehead atoms. The molecule has 2 aromatic carbocycles. The predicted octanol–water partition coefficient (Wildman–Crippen LogP) is 3.62. The summed E-state index contributed by atoms with van der Waals surface area (Å²) in [5.74, 6) is 0.181. The van der Waals surface area contributed by atoms with E-state index in [1.54, 1.807) is 41.4 Å². The average Bonchev–Trinajstić information content (AvgIpc) is 3.18. The fourth-order valence-electron chi connectivity index (χ4n) is 3.90. The van der Waals surface area contributed by atoms with Crippen LogP contribution in [0.2, 0.25) is 10.0 Å². The maximum Gasteiger partial charge on any atom is 0.258 e. The SMILES string of the molecule is O=C1NC2(CCN(C(=O)c3cc(Cl)c4[nH]ncc4c3)CC2)Oc2ccc(Cl)cc21. The Balaban J connectivity index is 1.34. The Labute approximate surface area is 175 Å². The van der Waals surface area contributed by atoms with Crippen molar-refractivity contribution in [3.8, 4) is 5.75 Å². The number of hydrogen-bond donors (Lipinski definition) is 2. The van der Waals surface area contributed by atoms with E-state index < -0.39 is 5.72 Å². The monoisotopic (exact) mass is 430 g/mol. The molecule has 148 valence electrons. The first-order valence-corrected chi connectivity index (χ1v) is 9.93. The lowest BCUT2D eigenvalue weighted by Gasteiger charge is -2.44. The standard InChI is InChI=1S/C20H16Cl2N4O3/c21-13-1-2-16-14(9-13)18(27)24-20(29-16)3-5-26(6-4-20)19(28)11-7-12-10-23-25-17(12)15(22)8-11/h1-2,7-10H,3-6H2,(H,23,25)(H,24,27). The first-order chi connectivity index (χ1) is 13.9. The number of rotatable bonds is 1. The van der Waals surface area contributed by atoms with Crippen molar-refractivity contribution in [3.05, 3.63) is 57.7 Å². The summed E-state index contributed by atoms with van der Waals surface area (Å²) in [6, 6.07) is 8.41. The predicted molar refractivity (Wildman–Crippen MR) is 109 cm³/mol. The van der Waals surface area contributed by atoms with Crippen LogP contribution in [0.3, 0.4) is 0 Å². The number of piperidine rings is 1. The molecule has 0 saturated carbocycles. The number of carbonyl (C=O) groups is 2. The fraction of sp³-hybridized carbons (Fsp3) is 0.250. The molecule has 2 aliphatic heterocycles. The topological polar surface area (TPSA) is 87.3 Å². The van der Waals surface area contributed by atoms with Gasteiger partial charge in [0.2, 0.25) is 0 Å². The molecule has 3 aromatic rings. The number of H-pyrrole nitrogens is 1. The molecule has 7 nitrogen and oxygen atoms in total. The highest BCUT2D eigenvalue weighted by atomic mass is 35.5. The van der Waals surface area contributed by atoms with Gasteiger partial charge in [0.05, 0.1) is 22.3 Å². The van der Waals surface area contributed by atoms with Crippen LogP contribution in [0.1, 0.15) is 33.6 Å². The van der Waals surface area contributed by atoms with E-state index in [-0.39, 0.29) is 11.8 Å². The minimum atomic E-state index is -0.819. The Kier molecular flexibility index (Phi) is 4.18. The van der Waals surface area contributed by atoms with Crippen LogP contribution in [0, 0.1) is 0 Å². The summed E-state index contributed by atoms with van der Waals surface area (Å²) in [5, 5.41) is 11.5. The zero-order valence-electron chi connectivity index (χ0n) is 15.2. The number of hydrogen-bond acceptors (Lipinski definition) is 4. The van der Waals surface area contributed by atoms with Crippen molar-refractivity contribution >= 4 is 45.9 Å². The lowest BCUT2D eigenvalue weighted by Crippen LogP contribution is -2.61. The number of likely N-dealkylation sites (tertiary alicyclic amines) is 1. The van der Waals surface area contributed by atoms with Crippen LogP contribution in [0.4, 0.5) is 0 Å². The summed E-state index contributed by atoms with van der Waals surface area (Å²) >= 11 is 12.2. The van der Waals surface area contributed by atoms with Crippen LogP contribution in [0.5, 0.6) is 5.75 Å². The van der Waals surface area contributed by atoms with Gasteiger partial charge in [-0.15, -0.1) is 0 Å². The van der Waals surface area contributed by atoms with Crippen molar-refractivity contribution in [2.45, 2.75) is 18.6 Å². The molecule has 0 atom stereocenters. The molecule has 5 rings (SSSR count). The van der Waals surface area contributed by atoms with Crippen LogP contribution in [0.15, 0.2) is 36.5 Å². The zero-order valence-corrected chi connectivity index (χ0v) is 16.7. The lowest BCUT2D eigenvalue weighted by molar-refractivity contribution is -0.0245. The van der Waals surface area contributed by atoms with Crippen LogP contribution in [0.25, 0.3) is 10.9 Å². The summed E-state index contributed by atoms with van der Waals surface area (Å²) in [6.07, 6.45) is 2.60. The number of fused-ring (bicyclic) bond motifs is 2. The average molecular weight is 431 g/mol. The number of ether oxygens (including phenoxy) is 1. The van der Waals surface area contributed by atoms with E-state index in [1.165, 1.54) is 0 Å². The van der Waals surface area contributed by atoms with E-state index in [9.17, 15) is 9.59 Å². The molecular weight excluding hydrogens is 415 g/mol. The van der Waals surface area contributed by atoms with Gasteiger partial charge in [0.15, 0.2) is 5.72 Å². The Bertz CT molecular complexity index is 1150. The van der Waals surface area contributed by atoms with Gasteiger partial charge in [0, 0.05) is 41.9 Å². The van der Waals surface area contributed by atoms with E-state index in [1.807, 2.05) is 0 Å². The highest BCUT2D eigenvalue weighted by Crippen LogP contribution is 2.35. The molecule has 9 heteroatoms. The summed E-state index contributed by atoms with van der Waals surface area (Å²) < 4.78 is 6.12. The van der Waals surface area contributed by atoms with Crippen LogP contribution in [-0.2, 0) is 0 Å². The van der Waals surface area contributed by atoms with E-state index in [4.69, 9.17) is 27.9 Å². The Morgan fingerprint density at radius 3 is 2.76 bits per heavy atom.